The molecule has 2 N–H and O–H groups in total. The molecule has 2 atom stereocenters. The van der Waals surface area contributed by atoms with E-state index in [4.69, 9.17) is 11.6 Å². The van der Waals surface area contributed by atoms with Crippen LogP contribution in [0, 0.1) is 5.92 Å². The van der Waals surface area contributed by atoms with Gasteiger partial charge in [0.2, 0.25) is 15.7 Å². The minimum Gasteiger partial charge on any atom is -0.325 e. The first-order valence-corrected chi connectivity index (χ1v) is 14.3. The molecular weight excluding hydrogens is 530 g/mol. The van der Waals surface area contributed by atoms with Gasteiger partial charge in [-0.1, -0.05) is 48.9 Å². The lowest BCUT2D eigenvalue weighted by Crippen LogP contribution is -2.30. The van der Waals surface area contributed by atoms with Crippen molar-refractivity contribution < 1.29 is 13.2 Å². The molecule has 0 radical (unpaired) electrons. The Labute approximate surface area is 222 Å². The molecule has 0 bridgehead atoms. The number of fused-ring (bicyclic) bond motifs is 1. The molecular formula is C27H22ClN3O4S2. The molecule has 4 aromatic rings. The molecule has 0 aliphatic carbocycles. The summed E-state index contributed by atoms with van der Waals surface area (Å²) in [6.07, 6.45) is 0.459. The lowest BCUT2D eigenvalue weighted by molar-refractivity contribution is -0.116. The van der Waals surface area contributed by atoms with Gasteiger partial charge < -0.3 is 5.32 Å². The van der Waals surface area contributed by atoms with Crippen LogP contribution in [-0.4, -0.2) is 29.8 Å². The van der Waals surface area contributed by atoms with Crippen LogP contribution in [0.15, 0.2) is 92.8 Å². The average Bonchev–Trinajstić information content (AvgIpc) is 3.29. The molecule has 0 spiro atoms. The highest BCUT2D eigenvalue weighted by atomic mass is 35.5. The Morgan fingerprint density at radius 1 is 1.05 bits per heavy atom. The van der Waals surface area contributed by atoms with Gasteiger partial charge in [-0.3, -0.25) is 9.59 Å². The number of thioether (sulfide) groups is 1. The summed E-state index contributed by atoms with van der Waals surface area (Å²) in [4.78, 5) is 25.6. The second-order valence-electron chi connectivity index (χ2n) is 8.73. The maximum atomic E-state index is 13.1. The second-order valence-corrected chi connectivity index (χ2v) is 12.1. The van der Waals surface area contributed by atoms with Gasteiger partial charge >= 0.3 is 0 Å². The van der Waals surface area contributed by atoms with Crippen molar-refractivity contribution in [3.05, 3.63) is 110 Å². The van der Waals surface area contributed by atoms with E-state index >= 15 is 0 Å². The van der Waals surface area contributed by atoms with E-state index in [1.54, 1.807) is 30.5 Å². The monoisotopic (exact) mass is 551 g/mol. The number of carbonyl (C=O) groups excluding carboxylic acids is 1. The normalized spacial score (nSPS) is 17.5. The Bertz CT molecular complexity index is 1700. The van der Waals surface area contributed by atoms with Gasteiger partial charge in [0, 0.05) is 28.4 Å². The molecule has 188 valence electrons. The Morgan fingerprint density at radius 3 is 2.54 bits per heavy atom. The molecule has 3 aromatic carbocycles. The van der Waals surface area contributed by atoms with Gasteiger partial charge in [-0.25, -0.2) is 13.5 Å². The Kier molecular flexibility index (Phi) is 6.94. The molecule has 1 aliphatic heterocycles. The highest BCUT2D eigenvalue weighted by Gasteiger charge is 2.39. The van der Waals surface area contributed by atoms with E-state index in [-0.39, 0.29) is 21.3 Å². The van der Waals surface area contributed by atoms with E-state index in [0.717, 1.165) is 16.6 Å². The number of benzene rings is 3. The standard InChI is InChI=1S/C27H22ClN3O4S2/c1-16-24(37(34,35)20-11-9-18(28)10-12-20)15-36-25(16)27(33)29-19-6-4-5-17(13-19)14-23-21-7-2-3-8-22(21)26(32)31-30-23/h2-13,15-16,25H,14H2,1H3,(H,29,33)(H,31,32). The molecule has 2 unspecified atom stereocenters. The number of anilines is 1. The number of amides is 1. The number of allylic oxidation sites excluding steroid dienone is 1. The summed E-state index contributed by atoms with van der Waals surface area (Å²) in [6.45, 7) is 1.74. The molecule has 10 heteroatoms. The number of halogens is 1. The highest BCUT2D eigenvalue weighted by Crippen LogP contribution is 2.41. The number of H-pyrrole nitrogens is 1. The number of nitrogens with zero attached hydrogens (tertiary/aromatic N) is 1. The lowest BCUT2D eigenvalue weighted by Gasteiger charge is -2.18. The number of sulfone groups is 1. The van der Waals surface area contributed by atoms with Crippen molar-refractivity contribution in [3.8, 4) is 0 Å². The van der Waals surface area contributed by atoms with Crippen LogP contribution in [0.4, 0.5) is 5.69 Å². The van der Waals surface area contributed by atoms with Gasteiger partial charge in [0.25, 0.3) is 5.56 Å². The zero-order chi connectivity index (χ0) is 26.2. The fourth-order valence-corrected chi connectivity index (χ4v) is 7.67. The predicted octanol–water partition coefficient (Wildman–Crippen LogP) is 5.17. The SMILES string of the molecule is CC1C(S(=O)(=O)c2ccc(Cl)cc2)=CSC1C(=O)Nc1cccc(Cc2n[nH]c(=O)c3ccccc23)c1. The number of aromatic amines is 1. The van der Waals surface area contributed by atoms with Crippen molar-refractivity contribution in [1.29, 1.82) is 0 Å². The third-order valence-corrected chi connectivity index (χ3v) is 9.98. The van der Waals surface area contributed by atoms with Crippen molar-refractivity contribution in [2.75, 3.05) is 5.32 Å². The zero-order valence-electron chi connectivity index (χ0n) is 19.6. The molecule has 37 heavy (non-hydrogen) atoms. The average molecular weight is 552 g/mol. The summed E-state index contributed by atoms with van der Waals surface area (Å²) >= 11 is 7.09. The Hall–Kier alpha value is -3.40. The van der Waals surface area contributed by atoms with Crippen molar-refractivity contribution >= 4 is 55.6 Å². The summed E-state index contributed by atoms with van der Waals surface area (Å²) < 4.78 is 26.3. The van der Waals surface area contributed by atoms with Gasteiger partial charge in [0.15, 0.2) is 0 Å². The first-order chi connectivity index (χ1) is 17.7. The van der Waals surface area contributed by atoms with Crippen LogP contribution < -0.4 is 10.9 Å². The van der Waals surface area contributed by atoms with Crippen LogP contribution in [0.5, 0.6) is 0 Å². The van der Waals surface area contributed by atoms with E-state index in [2.05, 4.69) is 15.5 Å². The molecule has 0 fully saturated rings. The van der Waals surface area contributed by atoms with E-state index in [1.165, 1.54) is 36.0 Å². The number of nitrogens with one attached hydrogen (secondary N) is 2. The van der Waals surface area contributed by atoms with E-state index in [9.17, 15) is 18.0 Å². The number of hydrogen-bond donors (Lipinski definition) is 2. The summed E-state index contributed by atoms with van der Waals surface area (Å²) in [7, 11) is -3.74. The van der Waals surface area contributed by atoms with E-state index in [0.29, 0.717) is 22.5 Å². The molecule has 1 aliphatic rings. The second kappa shape index (κ2) is 10.2. The van der Waals surface area contributed by atoms with Gasteiger partial charge in [-0.2, -0.15) is 5.10 Å². The molecule has 7 nitrogen and oxygen atoms in total. The van der Waals surface area contributed by atoms with E-state index < -0.39 is 21.0 Å². The number of rotatable bonds is 6. The maximum Gasteiger partial charge on any atom is 0.272 e. The summed E-state index contributed by atoms with van der Waals surface area (Å²) in [5.41, 5.74) is 1.98. The smallest absolute Gasteiger partial charge is 0.272 e. The van der Waals surface area contributed by atoms with Crippen molar-refractivity contribution in [3.63, 3.8) is 0 Å². The first-order valence-electron chi connectivity index (χ1n) is 11.5. The van der Waals surface area contributed by atoms with Gasteiger partial charge in [0.1, 0.15) is 0 Å². The predicted molar refractivity (Wildman–Crippen MR) is 148 cm³/mol. The minimum atomic E-state index is -3.74. The lowest BCUT2D eigenvalue weighted by atomic mass is 10.0. The van der Waals surface area contributed by atoms with Crippen molar-refractivity contribution in [2.24, 2.45) is 5.92 Å². The molecule has 5 rings (SSSR count). The number of carbonyl (C=O) groups is 1. The van der Waals surface area contributed by atoms with E-state index in [1.807, 2.05) is 30.3 Å². The largest absolute Gasteiger partial charge is 0.325 e. The van der Waals surface area contributed by atoms with Gasteiger partial charge in [0.05, 0.1) is 26.1 Å². The van der Waals surface area contributed by atoms with Crippen molar-refractivity contribution in [1.82, 2.24) is 10.2 Å². The highest BCUT2D eigenvalue weighted by molar-refractivity contribution is 8.05. The molecule has 1 amide bonds. The number of aromatic nitrogens is 2. The quantitative estimate of drug-likeness (QED) is 0.342. The van der Waals surface area contributed by atoms with Crippen molar-refractivity contribution in [2.45, 2.75) is 23.5 Å². The van der Waals surface area contributed by atoms with Gasteiger partial charge in [-0.15, -0.1) is 11.8 Å². The van der Waals surface area contributed by atoms with Crippen LogP contribution >= 0.6 is 23.4 Å². The van der Waals surface area contributed by atoms with Crippen LogP contribution in [0.25, 0.3) is 10.8 Å². The Morgan fingerprint density at radius 2 is 1.78 bits per heavy atom. The Balaban J connectivity index is 1.31. The summed E-state index contributed by atoms with van der Waals surface area (Å²) in [5, 5.41) is 12.5. The molecule has 1 aromatic heterocycles. The van der Waals surface area contributed by atoms with Crippen LogP contribution in [0.1, 0.15) is 18.2 Å². The minimum absolute atomic E-state index is 0.146. The fraction of sp³-hybridized carbons (Fsp3) is 0.148. The topological polar surface area (TPSA) is 109 Å². The fourth-order valence-electron chi connectivity index (χ4n) is 4.33. The third-order valence-electron chi connectivity index (χ3n) is 6.27. The maximum absolute atomic E-state index is 13.1. The zero-order valence-corrected chi connectivity index (χ0v) is 22.0. The molecule has 0 saturated heterocycles. The molecule has 0 saturated carbocycles. The summed E-state index contributed by atoms with van der Waals surface area (Å²) in [5.74, 6) is -0.787. The third kappa shape index (κ3) is 5.07. The first kappa shape index (κ1) is 25.3. The van der Waals surface area contributed by atoms with Crippen LogP contribution in [0.3, 0.4) is 0 Å². The van der Waals surface area contributed by atoms with Crippen LogP contribution in [-0.2, 0) is 21.1 Å². The van der Waals surface area contributed by atoms with Crippen LogP contribution in [0.2, 0.25) is 5.02 Å². The number of hydrogen-bond acceptors (Lipinski definition) is 6. The summed E-state index contributed by atoms with van der Waals surface area (Å²) in [6, 6.07) is 20.7. The molecule has 2 heterocycles. The van der Waals surface area contributed by atoms with Gasteiger partial charge in [-0.05, 0) is 53.4 Å².